The van der Waals surface area contributed by atoms with Gasteiger partial charge in [0, 0.05) is 30.6 Å². The number of hydrogen-bond acceptors (Lipinski definition) is 5. The molecule has 0 atom stereocenters. The lowest BCUT2D eigenvalue weighted by molar-refractivity contribution is 0.0125. The Hall–Kier alpha value is -2.52. The lowest BCUT2D eigenvalue weighted by atomic mass is 9.93. The fourth-order valence-corrected chi connectivity index (χ4v) is 4.14. The number of amides is 1. The maximum atomic E-state index is 12.2. The summed E-state index contributed by atoms with van der Waals surface area (Å²) in [6.45, 7) is 9.35. The zero-order chi connectivity index (χ0) is 22.4. The van der Waals surface area contributed by atoms with Crippen LogP contribution in [-0.4, -0.2) is 66.8 Å². The summed E-state index contributed by atoms with van der Waals surface area (Å²) in [5, 5.41) is 0. The molecule has 1 amide bonds. The molecule has 3 rings (SSSR count). The highest BCUT2D eigenvalue weighted by molar-refractivity contribution is 5.89. The quantitative estimate of drug-likeness (QED) is 0.530. The molecule has 0 bridgehead atoms. The van der Waals surface area contributed by atoms with Gasteiger partial charge in [-0.3, -0.25) is 0 Å². The number of nitrogens with zero attached hydrogens (tertiary/aromatic N) is 2. The number of carbonyl (C=O) groups excluding carboxylic acids is 2. The van der Waals surface area contributed by atoms with Gasteiger partial charge in [-0.25, -0.2) is 9.59 Å². The lowest BCUT2D eigenvalue weighted by Crippen LogP contribution is -2.49. The Labute approximate surface area is 185 Å². The highest BCUT2D eigenvalue weighted by Gasteiger charge is 2.31. The molecule has 0 unspecified atom stereocenters. The highest BCUT2D eigenvalue weighted by Crippen LogP contribution is 2.24. The summed E-state index contributed by atoms with van der Waals surface area (Å²) in [4.78, 5) is 28.2. The molecule has 0 radical (unpaired) electrons. The Kier molecular flexibility index (Phi) is 7.61. The maximum Gasteiger partial charge on any atom is 0.410 e. The van der Waals surface area contributed by atoms with Crippen LogP contribution < -0.4 is 0 Å². The van der Waals surface area contributed by atoms with E-state index in [0.29, 0.717) is 17.5 Å². The van der Waals surface area contributed by atoms with Gasteiger partial charge in [0.1, 0.15) is 5.60 Å². The zero-order valence-corrected chi connectivity index (χ0v) is 19.1. The van der Waals surface area contributed by atoms with Crippen molar-refractivity contribution in [1.29, 1.82) is 0 Å². The Morgan fingerprint density at radius 2 is 1.58 bits per heavy atom. The van der Waals surface area contributed by atoms with Gasteiger partial charge < -0.3 is 19.3 Å². The molecule has 2 saturated heterocycles. The van der Waals surface area contributed by atoms with Gasteiger partial charge in [-0.1, -0.05) is 11.8 Å². The van der Waals surface area contributed by atoms with Crippen LogP contribution in [-0.2, 0) is 9.47 Å². The third-order valence-electron chi connectivity index (χ3n) is 5.89. The Balaban J connectivity index is 1.43. The molecule has 168 valence electrons. The molecule has 2 aliphatic heterocycles. The van der Waals surface area contributed by atoms with Crippen LogP contribution in [0.15, 0.2) is 24.3 Å². The van der Waals surface area contributed by atoms with Crippen molar-refractivity contribution in [2.45, 2.75) is 58.1 Å². The van der Waals surface area contributed by atoms with Crippen molar-refractivity contribution < 1.29 is 19.1 Å². The fraction of sp³-hybridized carbons (Fsp3) is 0.600. The fourth-order valence-electron chi connectivity index (χ4n) is 4.14. The minimum Gasteiger partial charge on any atom is -0.465 e. The van der Waals surface area contributed by atoms with Gasteiger partial charge in [-0.2, -0.15) is 0 Å². The maximum absolute atomic E-state index is 12.2. The van der Waals surface area contributed by atoms with Crippen molar-refractivity contribution in [1.82, 2.24) is 9.80 Å². The van der Waals surface area contributed by atoms with E-state index in [9.17, 15) is 9.59 Å². The largest absolute Gasteiger partial charge is 0.465 e. The van der Waals surface area contributed by atoms with Crippen LogP contribution in [0.5, 0.6) is 0 Å². The molecule has 2 heterocycles. The number of methoxy groups -OCH3 is 1. The van der Waals surface area contributed by atoms with Gasteiger partial charge in [0.15, 0.2) is 0 Å². The molecule has 0 spiro atoms. The van der Waals surface area contributed by atoms with E-state index < -0.39 is 5.60 Å². The van der Waals surface area contributed by atoms with E-state index in [0.717, 1.165) is 57.4 Å². The molecule has 0 saturated carbocycles. The van der Waals surface area contributed by atoms with E-state index in [1.165, 1.54) is 7.11 Å². The van der Waals surface area contributed by atoms with Crippen LogP contribution >= 0.6 is 0 Å². The summed E-state index contributed by atoms with van der Waals surface area (Å²) < 4.78 is 10.2. The van der Waals surface area contributed by atoms with Crippen molar-refractivity contribution in [2.24, 2.45) is 5.92 Å². The average Bonchev–Trinajstić information content (AvgIpc) is 2.77. The van der Waals surface area contributed by atoms with Crippen molar-refractivity contribution in [2.75, 3.05) is 33.3 Å². The first-order chi connectivity index (χ1) is 14.7. The molecule has 1 aromatic carbocycles. The van der Waals surface area contributed by atoms with E-state index in [4.69, 9.17) is 9.47 Å². The molecule has 1 aromatic rings. The normalized spacial score (nSPS) is 18.8. The summed E-state index contributed by atoms with van der Waals surface area (Å²) in [7, 11) is 1.38. The predicted molar refractivity (Wildman–Crippen MR) is 120 cm³/mol. The molecule has 31 heavy (non-hydrogen) atoms. The van der Waals surface area contributed by atoms with Gasteiger partial charge in [0.2, 0.25) is 0 Å². The second-order valence-corrected chi connectivity index (χ2v) is 9.35. The number of rotatable bonds is 2. The number of likely N-dealkylation sites (tertiary alicyclic amines) is 2. The van der Waals surface area contributed by atoms with E-state index in [2.05, 4.69) is 16.7 Å². The second kappa shape index (κ2) is 10.2. The van der Waals surface area contributed by atoms with Crippen LogP contribution in [0.3, 0.4) is 0 Å². The third-order valence-corrected chi connectivity index (χ3v) is 5.89. The van der Waals surface area contributed by atoms with Gasteiger partial charge >= 0.3 is 12.1 Å². The van der Waals surface area contributed by atoms with Crippen LogP contribution in [0.25, 0.3) is 0 Å². The van der Waals surface area contributed by atoms with E-state index in [1.54, 1.807) is 12.1 Å². The molecule has 0 aliphatic carbocycles. The van der Waals surface area contributed by atoms with E-state index in [-0.39, 0.29) is 12.1 Å². The zero-order valence-electron chi connectivity index (χ0n) is 19.1. The minimum atomic E-state index is -0.444. The van der Waals surface area contributed by atoms with Crippen LogP contribution in [0.4, 0.5) is 4.79 Å². The summed E-state index contributed by atoms with van der Waals surface area (Å²) in [6.07, 6.45) is 3.95. The summed E-state index contributed by atoms with van der Waals surface area (Å²) >= 11 is 0. The van der Waals surface area contributed by atoms with Crippen molar-refractivity contribution in [3.63, 3.8) is 0 Å². The minimum absolute atomic E-state index is 0.195. The van der Waals surface area contributed by atoms with Gasteiger partial charge in [0.05, 0.1) is 12.7 Å². The van der Waals surface area contributed by atoms with Crippen molar-refractivity contribution >= 4 is 12.1 Å². The summed E-state index contributed by atoms with van der Waals surface area (Å²) in [6, 6.07) is 7.78. The summed E-state index contributed by atoms with van der Waals surface area (Å²) in [5.41, 5.74) is 1.02. The Morgan fingerprint density at radius 1 is 0.968 bits per heavy atom. The smallest absolute Gasteiger partial charge is 0.410 e. The number of piperidine rings is 2. The van der Waals surface area contributed by atoms with Crippen LogP contribution in [0.2, 0.25) is 0 Å². The molecule has 0 aromatic heterocycles. The topological polar surface area (TPSA) is 59.1 Å². The number of hydrogen-bond donors (Lipinski definition) is 0. The van der Waals surface area contributed by atoms with Crippen molar-refractivity contribution in [3.8, 4) is 11.8 Å². The highest BCUT2D eigenvalue weighted by atomic mass is 16.6. The first-order valence-electron chi connectivity index (χ1n) is 11.2. The molecular formula is C25H34N2O4. The SMILES string of the molecule is COC(=O)c1ccc(C#CC2CCN(C3CCN(C(=O)OC(C)(C)C)CC3)CC2)cc1. The van der Waals surface area contributed by atoms with Crippen LogP contribution in [0.1, 0.15) is 62.4 Å². The molecular weight excluding hydrogens is 392 g/mol. The van der Waals surface area contributed by atoms with Gasteiger partial charge in [-0.15, -0.1) is 0 Å². The van der Waals surface area contributed by atoms with Crippen molar-refractivity contribution in [3.05, 3.63) is 35.4 Å². The van der Waals surface area contributed by atoms with Crippen LogP contribution in [0, 0.1) is 17.8 Å². The van der Waals surface area contributed by atoms with Gasteiger partial charge in [0.25, 0.3) is 0 Å². The summed E-state index contributed by atoms with van der Waals surface area (Å²) in [5.74, 6) is 6.73. The lowest BCUT2D eigenvalue weighted by Gasteiger charge is -2.41. The second-order valence-electron chi connectivity index (χ2n) is 9.35. The standard InChI is InChI=1S/C25H34N2O4/c1-25(2,3)31-24(29)27-17-13-22(14-18-27)26-15-11-20(12-16-26)6-5-19-7-9-21(10-8-19)23(28)30-4/h7-10,20,22H,11-18H2,1-4H3. The first-order valence-corrected chi connectivity index (χ1v) is 11.2. The average molecular weight is 427 g/mol. The molecule has 0 N–H and O–H groups in total. The van der Waals surface area contributed by atoms with E-state index >= 15 is 0 Å². The third kappa shape index (κ3) is 6.73. The molecule has 6 heteroatoms. The molecule has 2 aliphatic rings. The number of esters is 1. The monoisotopic (exact) mass is 426 g/mol. The number of benzene rings is 1. The molecule has 2 fully saturated rings. The molecule has 6 nitrogen and oxygen atoms in total. The Bertz CT molecular complexity index is 816. The number of ether oxygens (including phenoxy) is 2. The first kappa shape index (κ1) is 23.1. The predicted octanol–water partition coefficient (Wildman–Crippen LogP) is 3.94. The Morgan fingerprint density at radius 3 is 2.13 bits per heavy atom. The number of carbonyl (C=O) groups is 2. The van der Waals surface area contributed by atoms with Gasteiger partial charge in [-0.05, 0) is 83.8 Å². The van der Waals surface area contributed by atoms with E-state index in [1.807, 2.05) is 37.8 Å².